The van der Waals surface area contributed by atoms with Crippen LogP contribution in [0, 0.1) is 19.3 Å². The van der Waals surface area contributed by atoms with Gasteiger partial charge < -0.3 is 0 Å². The molecule has 0 aromatic heterocycles. The van der Waals surface area contributed by atoms with E-state index in [1.165, 1.54) is 5.56 Å². The molecule has 1 aromatic carbocycles. The first kappa shape index (κ1) is 9.31. The molecule has 0 heterocycles. The maximum absolute atomic E-state index is 3.88. The van der Waals surface area contributed by atoms with Crippen LogP contribution in [0.2, 0.25) is 0 Å². The first-order chi connectivity index (χ1) is 5.83. The van der Waals surface area contributed by atoms with E-state index in [1.807, 2.05) is 6.07 Å². The molecule has 64 valence electrons. The minimum Gasteiger partial charge on any atom is -0.0625 e. The predicted molar refractivity (Wildman–Crippen MR) is 53.6 cm³/mol. The molecule has 0 fully saturated rings. The summed E-state index contributed by atoms with van der Waals surface area (Å²) in [7, 11) is 0. The van der Waals surface area contributed by atoms with Crippen LogP contribution in [0.1, 0.15) is 25.3 Å². The molecule has 0 nitrogen and oxygen atoms in total. The molecule has 0 aliphatic rings. The molecule has 0 N–H and O–H groups in total. The van der Waals surface area contributed by atoms with Gasteiger partial charge >= 0.3 is 0 Å². The SMILES string of the molecule is [CH2]CC(C)C[CH]c1ccccc1. The first-order valence-electron chi connectivity index (χ1n) is 4.50. The van der Waals surface area contributed by atoms with Gasteiger partial charge in [-0.2, -0.15) is 0 Å². The molecular weight excluding hydrogens is 144 g/mol. The van der Waals surface area contributed by atoms with Crippen LogP contribution in [0.4, 0.5) is 0 Å². The van der Waals surface area contributed by atoms with Gasteiger partial charge in [0.15, 0.2) is 0 Å². The number of benzene rings is 1. The summed E-state index contributed by atoms with van der Waals surface area (Å²) in [6, 6.07) is 10.5. The summed E-state index contributed by atoms with van der Waals surface area (Å²) in [5.74, 6) is 0.699. The largest absolute Gasteiger partial charge is 0.0625 e. The van der Waals surface area contributed by atoms with Gasteiger partial charge in [-0.1, -0.05) is 50.6 Å². The lowest BCUT2D eigenvalue weighted by atomic mass is 9.99. The van der Waals surface area contributed by atoms with Crippen LogP contribution in [-0.4, -0.2) is 0 Å². The third kappa shape index (κ3) is 3.08. The van der Waals surface area contributed by atoms with Crippen molar-refractivity contribution in [2.75, 3.05) is 0 Å². The molecule has 1 aromatic rings. The zero-order valence-electron chi connectivity index (χ0n) is 7.66. The quantitative estimate of drug-likeness (QED) is 0.632. The molecule has 1 unspecified atom stereocenters. The lowest BCUT2D eigenvalue weighted by Crippen LogP contribution is -1.93. The van der Waals surface area contributed by atoms with Crippen molar-refractivity contribution < 1.29 is 0 Å². The highest BCUT2D eigenvalue weighted by Gasteiger charge is 1.98. The van der Waals surface area contributed by atoms with E-state index in [4.69, 9.17) is 0 Å². The predicted octanol–water partition coefficient (Wildman–Crippen LogP) is 3.49. The van der Waals surface area contributed by atoms with Crippen molar-refractivity contribution in [1.29, 1.82) is 0 Å². The van der Waals surface area contributed by atoms with Crippen molar-refractivity contribution in [2.24, 2.45) is 5.92 Å². The fraction of sp³-hybridized carbons (Fsp3) is 0.333. The fourth-order valence-electron chi connectivity index (χ4n) is 1.04. The third-order valence-corrected chi connectivity index (χ3v) is 2.05. The van der Waals surface area contributed by atoms with Gasteiger partial charge in [-0.3, -0.25) is 0 Å². The monoisotopic (exact) mass is 160 g/mol. The molecule has 0 bridgehead atoms. The second kappa shape index (κ2) is 4.97. The van der Waals surface area contributed by atoms with Crippen LogP contribution in [0.25, 0.3) is 0 Å². The first-order valence-corrected chi connectivity index (χ1v) is 4.50. The van der Waals surface area contributed by atoms with E-state index in [2.05, 4.69) is 44.5 Å². The average molecular weight is 160 g/mol. The Morgan fingerprint density at radius 1 is 1.33 bits per heavy atom. The van der Waals surface area contributed by atoms with Gasteiger partial charge in [0.1, 0.15) is 0 Å². The molecule has 0 aliphatic carbocycles. The zero-order valence-corrected chi connectivity index (χ0v) is 7.66. The van der Waals surface area contributed by atoms with Crippen molar-refractivity contribution >= 4 is 0 Å². The third-order valence-electron chi connectivity index (χ3n) is 2.05. The molecule has 2 radical (unpaired) electrons. The molecule has 0 saturated carbocycles. The smallest absolute Gasteiger partial charge is 0.00905 e. The van der Waals surface area contributed by atoms with Crippen LogP contribution in [0.5, 0.6) is 0 Å². The van der Waals surface area contributed by atoms with Crippen molar-refractivity contribution in [3.8, 4) is 0 Å². The van der Waals surface area contributed by atoms with E-state index in [0.717, 1.165) is 12.8 Å². The summed E-state index contributed by atoms with van der Waals surface area (Å²) in [5, 5.41) is 0. The van der Waals surface area contributed by atoms with E-state index in [-0.39, 0.29) is 0 Å². The Bertz CT molecular complexity index is 201. The zero-order chi connectivity index (χ0) is 8.81. The number of hydrogen-bond acceptors (Lipinski definition) is 0. The summed E-state index contributed by atoms with van der Waals surface area (Å²) in [6.45, 7) is 6.11. The second-order valence-electron chi connectivity index (χ2n) is 3.24. The molecule has 12 heavy (non-hydrogen) atoms. The van der Waals surface area contributed by atoms with Gasteiger partial charge in [-0.15, -0.1) is 0 Å². The summed E-state index contributed by atoms with van der Waals surface area (Å²) in [5.41, 5.74) is 1.32. The molecule has 0 amide bonds. The Kier molecular flexibility index (Phi) is 3.86. The normalized spacial score (nSPS) is 12.8. The molecule has 1 atom stereocenters. The highest BCUT2D eigenvalue weighted by atomic mass is 14.0. The summed E-state index contributed by atoms with van der Waals surface area (Å²) in [4.78, 5) is 0. The van der Waals surface area contributed by atoms with E-state index in [1.54, 1.807) is 0 Å². The lowest BCUT2D eigenvalue weighted by Gasteiger charge is -2.06. The molecular formula is C12H16. The van der Waals surface area contributed by atoms with Gasteiger partial charge in [-0.25, -0.2) is 0 Å². The van der Waals surface area contributed by atoms with Crippen molar-refractivity contribution in [2.45, 2.75) is 19.8 Å². The van der Waals surface area contributed by atoms with E-state index in [9.17, 15) is 0 Å². The van der Waals surface area contributed by atoms with Gasteiger partial charge in [0, 0.05) is 0 Å². The van der Waals surface area contributed by atoms with Crippen LogP contribution in [0.15, 0.2) is 30.3 Å². The summed E-state index contributed by atoms with van der Waals surface area (Å²) >= 11 is 0. The van der Waals surface area contributed by atoms with E-state index < -0.39 is 0 Å². The minimum absolute atomic E-state index is 0.699. The molecule has 0 saturated heterocycles. The molecule has 0 spiro atoms. The van der Waals surface area contributed by atoms with Crippen LogP contribution >= 0.6 is 0 Å². The minimum atomic E-state index is 0.699. The molecule has 0 aliphatic heterocycles. The average Bonchev–Trinajstić information content (AvgIpc) is 2.16. The standard InChI is InChI=1S/C12H16/c1-3-11(2)9-10-12-7-5-4-6-8-12/h4-8,10-11H,1,3,9H2,2H3. The van der Waals surface area contributed by atoms with Crippen molar-refractivity contribution in [3.05, 3.63) is 49.2 Å². The van der Waals surface area contributed by atoms with E-state index in [0.29, 0.717) is 5.92 Å². The van der Waals surface area contributed by atoms with Gasteiger partial charge in [0.2, 0.25) is 0 Å². The maximum Gasteiger partial charge on any atom is -0.00905 e. The highest BCUT2D eigenvalue weighted by molar-refractivity contribution is 5.22. The fourth-order valence-corrected chi connectivity index (χ4v) is 1.04. The second-order valence-corrected chi connectivity index (χ2v) is 3.24. The summed E-state index contributed by atoms with van der Waals surface area (Å²) in [6.07, 6.45) is 4.42. The van der Waals surface area contributed by atoms with Crippen LogP contribution in [-0.2, 0) is 0 Å². The maximum atomic E-state index is 3.88. The number of rotatable bonds is 4. The van der Waals surface area contributed by atoms with Crippen molar-refractivity contribution in [3.63, 3.8) is 0 Å². The van der Waals surface area contributed by atoms with E-state index >= 15 is 0 Å². The highest BCUT2D eigenvalue weighted by Crippen LogP contribution is 2.13. The van der Waals surface area contributed by atoms with Gasteiger partial charge in [-0.05, 0) is 24.3 Å². The van der Waals surface area contributed by atoms with Crippen LogP contribution < -0.4 is 0 Å². The summed E-state index contributed by atoms with van der Waals surface area (Å²) < 4.78 is 0. The molecule has 1 rings (SSSR count). The topological polar surface area (TPSA) is 0 Å². The van der Waals surface area contributed by atoms with Gasteiger partial charge in [0.05, 0.1) is 0 Å². The number of hydrogen-bond donors (Lipinski definition) is 0. The Hall–Kier alpha value is -0.780. The Balaban J connectivity index is 2.33. The Morgan fingerprint density at radius 2 is 2.00 bits per heavy atom. The van der Waals surface area contributed by atoms with Crippen molar-refractivity contribution in [1.82, 2.24) is 0 Å². The Labute approximate surface area is 75.6 Å². The molecule has 0 heteroatoms. The van der Waals surface area contributed by atoms with Crippen LogP contribution in [0.3, 0.4) is 0 Å². The van der Waals surface area contributed by atoms with Gasteiger partial charge in [0.25, 0.3) is 0 Å². The Morgan fingerprint density at radius 3 is 2.58 bits per heavy atom. The lowest BCUT2D eigenvalue weighted by molar-refractivity contribution is 0.585.